The third-order valence-corrected chi connectivity index (χ3v) is 4.67. The Labute approximate surface area is 114 Å². The van der Waals surface area contributed by atoms with Crippen molar-refractivity contribution in [3.63, 3.8) is 0 Å². The van der Waals surface area contributed by atoms with Crippen molar-refractivity contribution >= 4 is 0 Å². The minimum absolute atomic E-state index is 0.256. The Morgan fingerprint density at radius 2 is 1.78 bits per heavy atom. The Hall–Kier alpha value is -0.0800. The van der Waals surface area contributed by atoms with Gasteiger partial charge in [-0.15, -0.1) is 0 Å². The second-order valence-corrected chi connectivity index (χ2v) is 7.60. The lowest BCUT2D eigenvalue weighted by atomic mass is 9.84. The first kappa shape index (κ1) is 14.3. The summed E-state index contributed by atoms with van der Waals surface area (Å²) in [5.74, 6) is 0. The van der Waals surface area contributed by atoms with E-state index in [2.05, 4.69) is 37.9 Å². The van der Waals surface area contributed by atoms with E-state index in [9.17, 15) is 0 Å². The lowest BCUT2D eigenvalue weighted by Crippen LogP contribution is -2.48. The summed E-state index contributed by atoms with van der Waals surface area (Å²) >= 11 is 0. The first-order valence-corrected chi connectivity index (χ1v) is 7.93. The van der Waals surface area contributed by atoms with E-state index in [0.717, 1.165) is 6.04 Å². The fraction of sp³-hybridized carbons (Fsp3) is 1.00. The summed E-state index contributed by atoms with van der Waals surface area (Å²) in [6, 6.07) is 0.919. The van der Waals surface area contributed by atoms with Crippen LogP contribution in [-0.4, -0.2) is 36.1 Å². The molecule has 0 amide bonds. The summed E-state index contributed by atoms with van der Waals surface area (Å²) in [5.41, 5.74) is 0.818. The van der Waals surface area contributed by atoms with Gasteiger partial charge in [0.25, 0.3) is 0 Å². The molecule has 0 heterocycles. The van der Waals surface area contributed by atoms with Crippen LogP contribution in [0.5, 0.6) is 0 Å². The smallest absolute Gasteiger partial charge is 0.00967 e. The lowest BCUT2D eigenvalue weighted by molar-refractivity contribution is 0.138. The maximum atomic E-state index is 3.77. The second kappa shape index (κ2) is 5.50. The average molecular weight is 252 g/mol. The van der Waals surface area contributed by atoms with Crippen molar-refractivity contribution in [1.82, 2.24) is 10.2 Å². The lowest BCUT2D eigenvalue weighted by Gasteiger charge is -2.37. The number of hydrogen-bond acceptors (Lipinski definition) is 2. The molecule has 0 unspecified atom stereocenters. The second-order valence-electron chi connectivity index (χ2n) is 7.60. The van der Waals surface area contributed by atoms with Gasteiger partial charge in [-0.05, 0) is 58.4 Å². The molecule has 18 heavy (non-hydrogen) atoms. The number of rotatable bonds is 6. The molecule has 106 valence electrons. The molecule has 2 fully saturated rings. The number of nitrogens with zero attached hydrogens (tertiary/aromatic N) is 1. The standard InChI is InChI=1S/C16H32N2/c1-5-18(14-8-9-14)13-16(10-6-7-11-16)12-17-15(2,3)4/h14,17H,5-13H2,1-4H3. The van der Waals surface area contributed by atoms with Crippen molar-refractivity contribution in [2.75, 3.05) is 19.6 Å². The van der Waals surface area contributed by atoms with Crippen LogP contribution in [0.1, 0.15) is 66.2 Å². The third kappa shape index (κ3) is 3.96. The molecular weight excluding hydrogens is 220 g/mol. The van der Waals surface area contributed by atoms with Crippen LogP contribution >= 0.6 is 0 Å². The molecule has 0 aromatic rings. The van der Waals surface area contributed by atoms with E-state index in [-0.39, 0.29) is 5.54 Å². The molecule has 1 N–H and O–H groups in total. The van der Waals surface area contributed by atoms with Gasteiger partial charge < -0.3 is 10.2 Å². The maximum absolute atomic E-state index is 3.77. The van der Waals surface area contributed by atoms with Crippen LogP contribution < -0.4 is 5.32 Å². The SMILES string of the molecule is CCN(CC1(CNC(C)(C)C)CCCC1)C1CC1. The van der Waals surface area contributed by atoms with Gasteiger partial charge in [-0.3, -0.25) is 0 Å². The van der Waals surface area contributed by atoms with Crippen molar-refractivity contribution in [3.8, 4) is 0 Å². The third-order valence-electron chi connectivity index (χ3n) is 4.67. The minimum Gasteiger partial charge on any atom is -0.311 e. The van der Waals surface area contributed by atoms with Gasteiger partial charge in [0.2, 0.25) is 0 Å². The van der Waals surface area contributed by atoms with E-state index >= 15 is 0 Å². The Balaban J connectivity index is 1.92. The molecule has 2 heteroatoms. The van der Waals surface area contributed by atoms with E-state index in [1.165, 1.54) is 58.2 Å². The van der Waals surface area contributed by atoms with Crippen molar-refractivity contribution in [2.45, 2.75) is 77.8 Å². The van der Waals surface area contributed by atoms with E-state index in [1.807, 2.05) is 0 Å². The molecule has 0 aliphatic heterocycles. The zero-order valence-corrected chi connectivity index (χ0v) is 12.9. The van der Waals surface area contributed by atoms with Crippen molar-refractivity contribution in [2.24, 2.45) is 5.41 Å². The van der Waals surface area contributed by atoms with Gasteiger partial charge in [0, 0.05) is 24.7 Å². The van der Waals surface area contributed by atoms with Gasteiger partial charge in [0.15, 0.2) is 0 Å². The molecule has 2 rings (SSSR count). The van der Waals surface area contributed by atoms with Crippen LogP contribution in [0.15, 0.2) is 0 Å². The molecule has 0 aromatic heterocycles. The molecule has 2 nitrogen and oxygen atoms in total. The first-order chi connectivity index (χ1) is 8.44. The Morgan fingerprint density at radius 3 is 2.22 bits per heavy atom. The van der Waals surface area contributed by atoms with Crippen LogP contribution in [-0.2, 0) is 0 Å². The van der Waals surface area contributed by atoms with Gasteiger partial charge in [0.1, 0.15) is 0 Å². The van der Waals surface area contributed by atoms with E-state index < -0.39 is 0 Å². The molecule has 0 radical (unpaired) electrons. The van der Waals surface area contributed by atoms with Gasteiger partial charge in [0.05, 0.1) is 0 Å². The maximum Gasteiger partial charge on any atom is 0.00967 e. The molecule has 0 bridgehead atoms. The summed E-state index contributed by atoms with van der Waals surface area (Å²) in [6.07, 6.45) is 8.62. The summed E-state index contributed by atoms with van der Waals surface area (Å²) in [7, 11) is 0. The Morgan fingerprint density at radius 1 is 1.17 bits per heavy atom. The molecule has 0 spiro atoms. The van der Waals surface area contributed by atoms with Crippen LogP contribution in [0.2, 0.25) is 0 Å². The molecular formula is C16H32N2. The van der Waals surface area contributed by atoms with Crippen LogP contribution in [0, 0.1) is 5.41 Å². The zero-order chi connectivity index (χ0) is 13.2. The van der Waals surface area contributed by atoms with Crippen LogP contribution in [0.25, 0.3) is 0 Å². The monoisotopic (exact) mass is 252 g/mol. The molecule has 0 atom stereocenters. The largest absolute Gasteiger partial charge is 0.311 e. The zero-order valence-electron chi connectivity index (χ0n) is 12.9. The fourth-order valence-corrected chi connectivity index (χ4v) is 3.34. The van der Waals surface area contributed by atoms with Crippen molar-refractivity contribution in [1.29, 1.82) is 0 Å². The summed E-state index contributed by atoms with van der Waals surface area (Å²) in [4.78, 5) is 2.75. The van der Waals surface area contributed by atoms with E-state index in [4.69, 9.17) is 0 Å². The highest BCUT2D eigenvalue weighted by Crippen LogP contribution is 2.40. The quantitative estimate of drug-likeness (QED) is 0.779. The molecule has 2 aliphatic carbocycles. The molecule has 2 saturated carbocycles. The van der Waals surface area contributed by atoms with Gasteiger partial charge in [-0.1, -0.05) is 19.8 Å². The van der Waals surface area contributed by atoms with Gasteiger partial charge in [-0.2, -0.15) is 0 Å². The predicted octanol–water partition coefficient (Wildman–Crippen LogP) is 3.42. The highest BCUT2D eigenvalue weighted by atomic mass is 15.2. The Bertz CT molecular complexity index is 257. The highest BCUT2D eigenvalue weighted by molar-refractivity contribution is 4.94. The van der Waals surface area contributed by atoms with Crippen molar-refractivity contribution < 1.29 is 0 Å². The topological polar surface area (TPSA) is 15.3 Å². The highest BCUT2D eigenvalue weighted by Gasteiger charge is 2.39. The molecule has 0 aromatic carbocycles. The number of nitrogens with one attached hydrogen (secondary N) is 1. The minimum atomic E-state index is 0.256. The fourth-order valence-electron chi connectivity index (χ4n) is 3.34. The van der Waals surface area contributed by atoms with E-state index in [0.29, 0.717) is 5.41 Å². The van der Waals surface area contributed by atoms with Gasteiger partial charge >= 0.3 is 0 Å². The molecule has 2 aliphatic rings. The summed E-state index contributed by atoms with van der Waals surface area (Å²) in [5, 5.41) is 3.77. The average Bonchev–Trinajstić information content (AvgIpc) is 3.04. The summed E-state index contributed by atoms with van der Waals surface area (Å²) < 4.78 is 0. The molecule has 0 saturated heterocycles. The van der Waals surface area contributed by atoms with Gasteiger partial charge in [-0.25, -0.2) is 0 Å². The first-order valence-electron chi connectivity index (χ1n) is 7.93. The van der Waals surface area contributed by atoms with Crippen LogP contribution in [0.4, 0.5) is 0 Å². The van der Waals surface area contributed by atoms with Crippen LogP contribution in [0.3, 0.4) is 0 Å². The Kier molecular flexibility index (Phi) is 4.38. The van der Waals surface area contributed by atoms with E-state index in [1.54, 1.807) is 0 Å². The van der Waals surface area contributed by atoms with Crippen molar-refractivity contribution in [3.05, 3.63) is 0 Å². The normalized spacial score (nSPS) is 23.8. The summed E-state index contributed by atoms with van der Waals surface area (Å²) in [6.45, 7) is 13.0. The predicted molar refractivity (Wildman–Crippen MR) is 78.9 cm³/mol. The number of hydrogen-bond donors (Lipinski definition) is 1.